The lowest BCUT2D eigenvalue weighted by Crippen LogP contribution is -2.39. The number of aliphatic hydroxyl groups excluding tert-OH is 1. The molecule has 1 radical (unpaired) electrons. The van der Waals surface area contributed by atoms with Gasteiger partial charge in [0.15, 0.2) is 6.17 Å². The predicted octanol–water partition coefficient (Wildman–Crippen LogP) is 4.27. The molecule has 1 N–H and O–H groups in total. The molecule has 3 atom stereocenters. The van der Waals surface area contributed by atoms with Gasteiger partial charge in [-0.3, -0.25) is 0 Å². The molecule has 0 aliphatic carbocycles. The molecule has 1 aliphatic rings. The summed E-state index contributed by atoms with van der Waals surface area (Å²) >= 11 is 0. The molecule has 0 amide bonds. The lowest BCUT2D eigenvalue weighted by molar-refractivity contribution is -0.0661. The van der Waals surface area contributed by atoms with E-state index in [1.165, 1.54) is 0 Å². The number of alkyl halides is 1. The quantitative estimate of drug-likeness (QED) is 0.534. The fourth-order valence-electron chi connectivity index (χ4n) is 3.96. The Morgan fingerprint density at radius 2 is 1.31 bits per heavy atom. The Balaban J connectivity index is 1.84. The summed E-state index contributed by atoms with van der Waals surface area (Å²) < 4.78 is 36.4. The number of hydrogen-bond acceptors (Lipinski definition) is 5. The average Bonchev–Trinajstić information content (AvgIpc) is 3.18. The van der Waals surface area contributed by atoms with Crippen LogP contribution in [-0.4, -0.2) is 44.3 Å². The Bertz CT molecular complexity index is 943. The number of methoxy groups -OCH3 is 2. The third-order valence-corrected chi connectivity index (χ3v) is 5.73. The highest BCUT2D eigenvalue weighted by Gasteiger charge is 2.42. The summed E-state index contributed by atoms with van der Waals surface area (Å²) in [5.41, 5.74) is 1.53. The number of halogens is 1. The van der Waals surface area contributed by atoms with Crippen LogP contribution in [0.2, 0.25) is 0 Å². The van der Waals surface area contributed by atoms with Gasteiger partial charge in [-0.15, -0.1) is 0 Å². The zero-order chi connectivity index (χ0) is 22.6. The first-order chi connectivity index (χ1) is 15.6. The van der Waals surface area contributed by atoms with Gasteiger partial charge in [-0.05, 0) is 41.0 Å². The smallest absolute Gasteiger partial charge is 0.157 e. The van der Waals surface area contributed by atoms with E-state index < -0.39 is 24.0 Å². The Morgan fingerprint density at radius 1 is 0.812 bits per heavy atom. The van der Waals surface area contributed by atoms with Gasteiger partial charge >= 0.3 is 0 Å². The van der Waals surface area contributed by atoms with Crippen molar-refractivity contribution in [3.8, 4) is 11.5 Å². The van der Waals surface area contributed by atoms with E-state index in [9.17, 15) is 9.50 Å². The highest BCUT2D eigenvalue weighted by molar-refractivity contribution is 5.49. The van der Waals surface area contributed by atoms with Crippen LogP contribution in [0.3, 0.4) is 0 Å². The van der Waals surface area contributed by atoms with Crippen LogP contribution in [0.15, 0.2) is 78.9 Å². The van der Waals surface area contributed by atoms with E-state index in [4.69, 9.17) is 18.9 Å². The van der Waals surface area contributed by atoms with Gasteiger partial charge in [0.1, 0.15) is 35.9 Å². The lowest BCUT2D eigenvalue weighted by atomic mass is 9.80. The monoisotopic (exact) mass is 437 g/mol. The first-order valence-electron chi connectivity index (χ1n) is 10.4. The maximum Gasteiger partial charge on any atom is 0.157 e. The zero-order valence-electron chi connectivity index (χ0n) is 18.0. The standard InChI is InChI=1S/C26H26FO5/c1-29-21-12-8-19(9-13-21)26(18-6-4-3-5-7-18,20-10-14-22(30-2)15-11-20)32-17-24-25(28)23(27)16-31-24/h3-16,23-25,28H,17H2,1-2H3/t23-,24+,25-/m0/s1. The number of aliphatic hydroxyl groups is 1. The van der Waals surface area contributed by atoms with E-state index in [1.807, 2.05) is 78.9 Å². The van der Waals surface area contributed by atoms with E-state index in [2.05, 4.69) is 0 Å². The number of hydrogen-bond donors (Lipinski definition) is 1. The number of benzene rings is 3. The number of rotatable bonds is 8. The maximum atomic E-state index is 13.8. The van der Waals surface area contributed by atoms with Crippen LogP contribution in [0.4, 0.5) is 4.39 Å². The molecule has 0 aromatic heterocycles. The molecule has 1 saturated heterocycles. The second-order valence-electron chi connectivity index (χ2n) is 7.56. The summed E-state index contributed by atoms with van der Waals surface area (Å²) in [6.45, 7) is 0.995. The Kier molecular flexibility index (Phi) is 6.74. The van der Waals surface area contributed by atoms with Crippen LogP contribution in [0.25, 0.3) is 0 Å². The van der Waals surface area contributed by atoms with Gasteiger partial charge < -0.3 is 24.1 Å². The third-order valence-electron chi connectivity index (χ3n) is 5.73. The van der Waals surface area contributed by atoms with Crippen molar-refractivity contribution in [1.82, 2.24) is 0 Å². The van der Waals surface area contributed by atoms with Crippen LogP contribution < -0.4 is 9.47 Å². The van der Waals surface area contributed by atoms with Crippen LogP contribution in [0.1, 0.15) is 16.7 Å². The molecule has 0 unspecified atom stereocenters. The molecule has 0 bridgehead atoms. The largest absolute Gasteiger partial charge is 0.497 e. The van der Waals surface area contributed by atoms with Crippen molar-refractivity contribution in [2.45, 2.75) is 24.0 Å². The molecular formula is C26H26FO5. The predicted molar refractivity (Wildman–Crippen MR) is 118 cm³/mol. The van der Waals surface area contributed by atoms with Crippen LogP contribution >= 0.6 is 0 Å². The zero-order valence-corrected chi connectivity index (χ0v) is 18.0. The van der Waals surface area contributed by atoms with E-state index in [-0.39, 0.29) is 6.61 Å². The van der Waals surface area contributed by atoms with E-state index in [1.54, 1.807) is 14.2 Å². The molecule has 3 aromatic carbocycles. The SMILES string of the molecule is COc1ccc(C(OC[C@H]2O[CH][C@H](F)[C@@H]2O)(c2ccccc2)c2ccc(OC)cc2)cc1. The topological polar surface area (TPSA) is 57.2 Å². The molecule has 1 fully saturated rings. The molecule has 32 heavy (non-hydrogen) atoms. The van der Waals surface area contributed by atoms with Crippen molar-refractivity contribution in [3.05, 3.63) is 102 Å². The summed E-state index contributed by atoms with van der Waals surface area (Å²) in [7, 11) is 3.23. The minimum atomic E-state index is -1.54. The summed E-state index contributed by atoms with van der Waals surface area (Å²) in [4.78, 5) is 0. The molecule has 1 aliphatic heterocycles. The van der Waals surface area contributed by atoms with Crippen molar-refractivity contribution >= 4 is 0 Å². The van der Waals surface area contributed by atoms with Crippen LogP contribution in [0.5, 0.6) is 11.5 Å². The van der Waals surface area contributed by atoms with Gasteiger partial charge in [0.05, 0.1) is 20.8 Å². The maximum absolute atomic E-state index is 13.8. The summed E-state index contributed by atoms with van der Waals surface area (Å²) in [5.74, 6) is 1.43. The second-order valence-corrected chi connectivity index (χ2v) is 7.56. The highest BCUT2D eigenvalue weighted by Crippen LogP contribution is 2.42. The Labute approximate surface area is 187 Å². The molecule has 1 heterocycles. The van der Waals surface area contributed by atoms with E-state index in [0.29, 0.717) is 0 Å². The van der Waals surface area contributed by atoms with Crippen LogP contribution in [0, 0.1) is 6.61 Å². The van der Waals surface area contributed by atoms with E-state index >= 15 is 0 Å². The normalized spacial score (nSPS) is 20.8. The van der Waals surface area contributed by atoms with Crippen molar-refractivity contribution in [2.24, 2.45) is 0 Å². The first kappa shape index (κ1) is 22.3. The van der Waals surface area contributed by atoms with Gasteiger partial charge in [-0.2, -0.15) is 0 Å². The molecular weight excluding hydrogens is 411 g/mol. The molecule has 3 aromatic rings. The summed E-state index contributed by atoms with van der Waals surface area (Å²) in [6, 6.07) is 25.0. The Morgan fingerprint density at radius 3 is 1.75 bits per heavy atom. The minimum Gasteiger partial charge on any atom is -0.497 e. The highest BCUT2D eigenvalue weighted by atomic mass is 19.1. The molecule has 5 nitrogen and oxygen atoms in total. The fourth-order valence-corrected chi connectivity index (χ4v) is 3.96. The molecule has 4 rings (SSSR count). The van der Waals surface area contributed by atoms with Crippen LogP contribution in [-0.2, 0) is 15.1 Å². The van der Waals surface area contributed by atoms with Crippen molar-refractivity contribution < 1.29 is 28.4 Å². The first-order valence-corrected chi connectivity index (χ1v) is 10.4. The van der Waals surface area contributed by atoms with E-state index in [0.717, 1.165) is 34.8 Å². The number of ether oxygens (including phenoxy) is 4. The second kappa shape index (κ2) is 9.69. The Hall–Kier alpha value is -2.93. The van der Waals surface area contributed by atoms with Crippen molar-refractivity contribution in [2.75, 3.05) is 20.8 Å². The summed E-state index contributed by atoms with van der Waals surface area (Å²) in [6.07, 6.45) is -3.64. The average molecular weight is 437 g/mol. The molecule has 167 valence electrons. The third kappa shape index (κ3) is 4.21. The van der Waals surface area contributed by atoms with Gasteiger partial charge in [-0.25, -0.2) is 4.39 Å². The van der Waals surface area contributed by atoms with Crippen molar-refractivity contribution in [3.63, 3.8) is 0 Å². The fraction of sp³-hybridized carbons (Fsp3) is 0.269. The summed E-state index contributed by atoms with van der Waals surface area (Å²) in [5, 5.41) is 10.2. The molecule has 0 saturated carbocycles. The molecule has 0 spiro atoms. The molecule has 6 heteroatoms. The lowest BCUT2D eigenvalue weighted by Gasteiger charge is -2.37. The minimum absolute atomic E-state index is 0.0228. The van der Waals surface area contributed by atoms with Gasteiger partial charge in [0.2, 0.25) is 0 Å². The van der Waals surface area contributed by atoms with Gasteiger partial charge in [0.25, 0.3) is 0 Å². The van der Waals surface area contributed by atoms with Gasteiger partial charge in [-0.1, -0.05) is 54.6 Å². The van der Waals surface area contributed by atoms with Crippen molar-refractivity contribution in [1.29, 1.82) is 0 Å². The van der Waals surface area contributed by atoms with Gasteiger partial charge in [0, 0.05) is 0 Å².